The molecule has 1 N–H and O–H groups in total. The number of rotatable bonds is 6. The van der Waals surface area contributed by atoms with Crippen LogP contribution in [0.25, 0.3) is 0 Å². The second kappa shape index (κ2) is 7.65. The van der Waals surface area contributed by atoms with E-state index < -0.39 is 0 Å². The van der Waals surface area contributed by atoms with Crippen LogP contribution in [0, 0.1) is 17.2 Å². The van der Waals surface area contributed by atoms with Crippen LogP contribution in [-0.4, -0.2) is 25.3 Å². The molecule has 1 fully saturated rings. The monoisotopic (exact) mass is 224 g/mol. The third-order valence-corrected chi connectivity index (χ3v) is 3.33. The van der Waals surface area contributed by atoms with E-state index in [0.29, 0.717) is 12.7 Å². The molecule has 0 aromatic carbocycles. The van der Waals surface area contributed by atoms with Gasteiger partial charge in [-0.3, -0.25) is 0 Å². The Morgan fingerprint density at radius 2 is 2.06 bits per heavy atom. The number of hydrogen-bond donors (Lipinski definition) is 1. The Balaban J connectivity index is 2.08. The van der Waals surface area contributed by atoms with Crippen LogP contribution >= 0.6 is 0 Å². The normalized spacial score (nSPS) is 27.3. The van der Waals surface area contributed by atoms with Gasteiger partial charge in [0, 0.05) is 6.61 Å². The van der Waals surface area contributed by atoms with Crippen LogP contribution in [0.4, 0.5) is 0 Å². The predicted octanol–water partition coefficient (Wildman–Crippen LogP) is 2.47. The van der Waals surface area contributed by atoms with Crippen LogP contribution in [0.5, 0.6) is 0 Å². The van der Waals surface area contributed by atoms with E-state index in [9.17, 15) is 0 Å². The summed E-state index contributed by atoms with van der Waals surface area (Å²) in [7, 11) is 0. The summed E-state index contributed by atoms with van der Waals surface area (Å²) in [5.41, 5.74) is 0. The maximum absolute atomic E-state index is 8.86. The van der Waals surface area contributed by atoms with E-state index in [1.165, 1.54) is 25.7 Å². The molecule has 1 rings (SSSR count). The number of nitrogens with zero attached hydrogens (tertiary/aromatic N) is 1. The number of ether oxygens (including phenoxy) is 1. The molecule has 0 spiro atoms. The summed E-state index contributed by atoms with van der Waals surface area (Å²) in [5.74, 6) is 0.869. The van der Waals surface area contributed by atoms with Gasteiger partial charge in [-0.15, -0.1) is 0 Å². The van der Waals surface area contributed by atoms with Crippen molar-refractivity contribution in [1.29, 1.82) is 5.26 Å². The molecule has 0 aromatic rings. The lowest BCUT2D eigenvalue weighted by atomic mass is 9.89. The molecular formula is C13H24N2O. The van der Waals surface area contributed by atoms with Crippen LogP contribution in [0.2, 0.25) is 0 Å². The molecule has 1 aliphatic rings. The largest absolute Gasteiger partial charge is 0.378 e. The minimum absolute atomic E-state index is 0.0486. The van der Waals surface area contributed by atoms with Crippen LogP contribution in [0.15, 0.2) is 0 Å². The van der Waals surface area contributed by atoms with Crippen LogP contribution < -0.4 is 5.32 Å². The molecule has 0 radical (unpaired) electrons. The fourth-order valence-electron chi connectivity index (χ4n) is 2.21. The number of nitrogens with one attached hydrogen (secondary N) is 1. The molecule has 1 atom stereocenters. The summed E-state index contributed by atoms with van der Waals surface area (Å²) in [6, 6.07) is 2.21. The Kier molecular flexibility index (Phi) is 6.44. The zero-order valence-corrected chi connectivity index (χ0v) is 10.5. The summed E-state index contributed by atoms with van der Waals surface area (Å²) < 4.78 is 5.82. The lowest BCUT2D eigenvalue weighted by Crippen LogP contribution is -2.29. The van der Waals surface area contributed by atoms with E-state index >= 15 is 0 Å². The molecule has 1 saturated carbocycles. The molecule has 0 saturated heterocycles. The highest BCUT2D eigenvalue weighted by Crippen LogP contribution is 2.25. The van der Waals surface area contributed by atoms with Crippen LogP contribution in [-0.2, 0) is 4.74 Å². The van der Waals surface area contributed by atoms with E-state index in [2.05, 4.69) is 18.3 Å². The quantitative estimate of drug-likeness (QED) is 0.754. The molecule has 0 bridgehead atoms. The molecule has 16 heavy (non-hydrogen) atoms. The molecule has 1 aliphatic carbocycles. The second-order valence-electron chi connectivity index (χ2n) is 4.78. The minimum Gasteiger partial charge on any atom is -0.378 e. The second-order valence-corrected chi connectivity index (χ2v) is 4.78. The van der Waals surface area contributed by atoms with Gasteiger partial charge in [0.25, 0.3) is 0 Å². The van der Waals surface area contributed by atoms with Gasteiger partial charge in [0.1, 0.15) is 0 Å². The minimum atomic E-state index is -0.0486. The molecule has 3 heteroatoms. The van der Waals surface area contributed by atoms with Gasteiger partial charge in [0.15, 0.2) is 0 Å². The topological polar surface area (TPSA) is 45.0 Å². The highest BCUT2D eigenvalue weighted by molar-refractivity contribution is 4.89. The average molecular weight is 224 g/mol. The molecular weight excluding hydrogens is 200 g/mol. The van der Waals surface area contributed by atoms with Gasteiger partial charge in [-0.05, 0) is 44.6 Å². The van der Waals surface area contributed by atoms with Crippen molar-refractivity contribution >= 4 is 0 Å². The fourth-order valence-corrected chi connectivity index (χ4v) is 2.21. The molecule has 0 aromatic heterocycles. The molecule has 3 nitrogen and oxygen atoms in total. The third kappa shape index (κ3) is 4.96. The van der Waals surface area contributed by atoms with Gasteiger partial charge < -0.3 is 10.1 Å². The van der Waals surface area contributed by atoms with Crippen molar-refractivity contribution in [3.8, 4) is 6.07 Å². The first-order chi connectivity index (χ1) is 7.76. The Morgan fingerprint density at radius 1 is 1.38 bits per heavy atom. The first-order valence-electron chi connectivity index (χ1n) is 6.50. The van der Waals surface area contributed by atoms with Crippen molar-refractivity contribution in [2.75, 3.05) is 13.2 Å². The molecule has 0 aliphatic heterocycles. The summed E-state index contributed by atoms with van der Waals surface area (Å²) in [6.45, 7) is 5.89. The van der Waals surface area contributed by atoms with E-state index in [-0.39, 0.29) is 6.04 Å². The van der Waals surface area contributed by atoms with Crippen LogP contribution in [0.1, 0.15) is 46.0 Å². The standard InChI is InChI=1S/C13H24N2O/c1-3-15-12(10-14)8-9-16-13-6-4-11(2)5-7-13/h11-13,15H,3-9H2,1-2H3. The van der Waals surface area contributed by atoms with Crippen molar-refractivity contribution in [2.24, 2.45) is 5.92 Å². The van der Waals surface area contributed by atoms with Crippen molar-refractivity contribution in [3.63, 3.8) is 0 Å². The third-order valence-electron chi connectivity index (χ3n) is 3.33. The highest BCUT2D eigenvalue weighted by Gasteiger charge is 2.18. The van der Waals surface area contributed by atoms with Gasteiger partial charge in [-0.25, -0.2) is 0 Å². The van der Waals surface area contributed by atoms with Crippen LogP contribution in [0.3, 0.4) is 0 Å². The number of nitriles is 1. The van der Waals surface area contributed by atoms with Gasteiger partial charge in [0.2, 0.25) is 0 Å². The van der Waals surface area contributed by atoms with Gasteiger partial charge in [-0.1, -0.05) is 13.8 Å². The zero-order valence-electron chi connectivity index (χ0n) is 10.5. The van der Waals surface area contributed by atoms with Crippen molar-refractivity contribution in [1.82, 2.24) is 5.32 Å². The summed E-state index contributed by atoms with van der Waals surface area (Å²) in [5, 5.41) is 12.0. The summed E-state index contributed by atoms with van der Waals surface area (Å²) >= 11 is 0. The van der Waals surface area contributed by atoms with Gasteiger partial charge >= 0.3 is 0 Å². The Morgan fingerprint density at radius 3 is 2.62 bits per heavy atom. The zero-order chi connectivity index (χ0) is 11.8. The van der Waals surface area contributed by atoms with Crippen molar-refractivity contribution in [2.45, 2.75) is 58.1 Å². The van der Waals surface area contributed by atoms with E-state index in [4.69, 9.17) is 10.00 Å². The lowest BCUT2D eigenvalue weighted by Gasteiger charge is -2.26. The Bertz CT molecular complexity index is 216. The summed E-state index contributed by atoms with van der Waals surface area (Å²) in [6.07, 6.45) is 6.21. The van der Waals surface area contributed by atoms with E-state index in [1.54, 1.807) is 0 Å². The molecule has 92 valence electrons. The molecule has 0 amide bonds. The highest BCUT2D eigenvalue weighted by atomic mass is 16.5. The maximum atomic E-state index is 8.86. The Hall–Kier alpha value is -0.590. The maximum Gasteiger partial charge on any atom is 0.0974 e. The number of hydrogen-bond acceptors (Lipinski definition) is 3. The van der Waals surface area contributed by atoms with Gasteiger partial charge in [-0.2, -0.15) is 5.26 Å². The first-order valence-corrected chi connectivity index (χ1v) is 6.50. The Labute approximate surface area is 99.2 Å². The SMILES string of the molecule is CCNC(C#N)CCOC1CCC(C)CC1. The predicted molar refractivity (Wildman–Crippen MR) is 65.1 cm³/mol. The van der Waals surface area contributed by atoms with Crippen molar-refractivity contribution in [3.05, 3.63) is 0 Å². The summed E-state index contributed by atoms with van der Waals surface area (Å²) in [4.78, 5) is 0. The molecule has 0 heterocycles. The molecule has 1 unspecified atom stereocenters. The lowest BCUT2D eigenvalue weighted by molar-refractivity contribution is 0.0170. The van der Waals surface area contributed by atoms with Gasteiger partial charge in [0.05, 0.1) is 18.2 Å². The average Bonchev–Trinajstić information content (AvgIpc) is 2.30. The first kappa shape index (κ1) is 13.5. The fraction of sp³-hybridized carbons (Fsp3) is 0.923. The smallest absolute Gasteiger partial charge is 0.0974 e. The van der Waals surface area contributed by atoms with E-state index in [0.717, 1.165) is 18.9 Å². The van der Waals surface area contributed by atoms with Crippen molar-refractivity contribution < 1.29 is 4.74 Å². The van der Waals surface area contributed by atoms with E-state index in [1.807, 2.05) is 6.92 Å².